The zero-order chi connectivity index (χ0) is 22.5. The third kappa shape index (κ3) is 4.88. The fourth-order valence-corrected chi connectivity index (χ4v) is 4.09. The number of carbonyl (C=O) groups is 1. The van der Waals surface area contributed by atoms with Crippen LogP contribution in [0.15, 0.2) is 79.0 Å². The fourth-order valence-electron chi connectivity index (χ4n) is 4.09. The highest BCUT2D eigenvalue weighted by molar-refractivity contribution is 5.86. The summed E-state index contributed by atoms with van der Waals surface area (Å²) in [6.45, 7) is 3.22. The van der Waals surface area contributed by atoms with Gasteiger partial charge >= 0.3 is 0 Å². The highest BCUT2D eigenvalue weighted by atomic mass is 19.1. The summed E-state index contributed by atoms with van der Waals surface area (Å²) in [4.78, 5) is 12.7. The molecule has 1 atom stereocenters. The Balaban J connectivity index is 1.76. The van der Waals surface area contributed by atoms with Crippen molar-refractivity contribution in [2.45, 2.75) is 32.2 Å². The van der Waals surface area contributed by atoms with Crippen molar-refractivity contribution < 1.29 is 13.6 Å². The molecular weight excluding hydrogens is 406 g/mol. The Morgan fingerprint density at radius 2 is 1.59 bits per heavy atom. The van der Waals surface area contributed by atoms with Gasteiger partial charge in [-0.3, -0.25) is 4.79 Å². The van der Waals surface area contributed by atoms with E-state index in [2.05, 4.69) is 16.1 Å². The molecule has 1 heterocycles. The van der Waals surface area contributed by atoms with E-state index in [1.54, 1.807) is 24.3 Å². The lowest BCUT2D eigenvalue weighted by molar-refractivity contribution is -0.121. The molecule has 0 aliphatic rings. The zero-order valence-corrected chi connectivity index (χ0v) is 18.0. The van der Waals surface area contributed by atoms with Gasteiger partial charge in [0.1, 0.15) is 11.6 Å². The average Bonchev–Trinajstić information content (AvgIpc) is 3.16. The maximum Gasteiger partial charge on any atom is 0.220 e. The third-order valence-corrected chi connectivity index (χ3v) is 5.70. The Bertz CT molecular complexity index is 1200. The quantitative estimate of drug-likeness (QED) is 0.363. The van der Waals surface area contributed by atoms with E-state index in [0.717, 1.165) is 34.0 Å². The number of nitrogens with zero attached hydrogens (tertiary/aromatic N) is 1. The van der Waals surface area contributed by atoms with E-state index in [1.807, 2.05) is 31.2 Å². The molecule has 164 valence electrons. The summed E-state index contributed by atoms with van der Waals surface area (Å²) < 4.78 is 29.1. The smallest absolute Gasteiger partial charge is 0.220 e. The summed E-state index contributed by atoms with van der Waals surface area (Å²) in [5, 5.41) is 4.01. The van der Waals surface area contributed by atoms with Gasteiger partial charge in [0.25, 0.3) is 0 Å². The van der Waals surface area contributed by atoms with Crippen molar-refractivity contribution >= 4 is 16.8 Å². The number of hydrogen-bond acceptors (Lipinski definition) is 1. The number of halogens is 2. The van der Waals surface area contributed by atoms with Gasteiger partial charge in [-0.15, -0.1) is 0 Å². The van der Waals surface area contributed by atoms with Gasteiger partial charge in [-0.2, -0.15) is 0 Å². The van der Waals surface area contributed by atoms with E-state index in [1.165, 1.54) is 24.3 Å². The molecule has 1 amide bonds. The number of aromatic nitrogens is 1. The second-order valence-corrected chi connectivity index (χ2v) is 8.01. The van der Waals surface area contributed by atoms with Crippen LogP contribution in [0.4, 0.5) is 8.78 Å². The maximum absolute atomic E-state index is 13.6. The fraction of sp³-hybridized carbons (Fsp3) is 0.222. The van der Waals surface area contributed by atoms with Crippen molar-refractivity contribution in [2.24, 2.45) is 0 Å². The molecule has 0 bridgehead atoms. The molecular formula is C27H26F2N2O. The number of amides is 1. The molecule has 0 spiro atoms. The first-order valence-corrected chi connectivity index (χ1v) is 10.9. The monoisotopic (exact) mass is 432 g/mol. The Kier molecular flexibility index (Phi) is 6.64. The van der Waals surface area contributed by atoms with E-state index in [4.69, 9.17) is 0 Å². The Morgan fingerprint density at radius 1 is 0.938 bits per heavy atom. The maximum atomic E-state index is 13.6. The van der Waals surface area contributed by atoms with Crippen LogP contribution >= 0.6 is 0 Å². The molecule has 3 aromatic carbocycles. The third-order valence-electron chi connectivity index (χ3n) is 5.70. The van der Waals surface area contributed by atoms with Gasteiger partial charge in [-0.05, 0) is 53.4 Å². The van der Waals surface area contributed by atoms with Gasteiger partial charge in [0.2, 0.25) is 5.91 Å². The predicted octanol–water partition coefficient (Wildman–Crippen LogP) is 6.02. The largest absolute Gasteiger partial charge is 0.356 e. The number of benzene rings is 3. The molecule has 0 aliphatic carbocycles. The standard InChI is InChI=1S/C27H26F2N2O/c1-2-15-30-27(32)16-24(20-9-13-22(29)14-10-20)25-18-31(26-6-4-3-5-23(25)26)17-19-7-11-21(28)12-8-19/h3-14,18,24H,2,15-17H2,1H3,(H,30,32). The van der Waals surface area contributed by atoms with Gasteiger partial charge in [-0.1, -0.05) is 49.4 Å². The van der Waals surface area contributed by atoms with Crippen molar-refractivity contribution in [3.63, 3.8) is 0 Å². The summed E-state index contributed by atoms with van der Waals surface area (Å²) in [7, 11) is 0. The lowest BCUT2D eigenvalue weighted by Crippen LogP contribution is -2.26. The van der Waals surface area contributed by atoms with Crippen molar-refractivity contribution in [1.29, 1.82) is 0 Å². The van der Waals surface area contributed by atoms with Gasteiger partial charge in [0.05, 0.1) is 0 Å². The summed E-state index contributed by atoms with van der Waals surface area (Å²) >= 11 is 0. The van der Waals surface area contributed by atoms with Crippen molar-refractivity contribution in [3.8, 4) is 0 Å². The van der Waals surface area contributed by atoms with Crippen LogP contribution in [0.5, 0.6) is 0 Å². The minimum atomic E-state index is -0.304. The van der Waals surface area contributed by atoms with Crippen LogP contribution in [-0.2, 0) is 11.3 Å². The molecule has 4 rings (SSSR count). The second-order valence-electron chi connectivity index (χ2n) is 8.01. The molecule has 0 radical (unpaired) electrons. The SMILES string of the molecule is CCCNC(=O)CC(c1ccc(F)cc1)c1cn(Cc2ccc(F)cc2)c2ccccc12. The first-order chi connectivity index (χ1) is 15.5. The number of nitrogens with one attached hydrogen (secondary N) is 1. The summed E-state index contributed by atoms with van der Waals surface area (Å²) in [5.74, 6) is -0.814. The molecule has 1 N–H and O–H groups in total. The van der Waals surface area contributed by atoms with Crippen LogP contribution in [0.2, 0.25) is 0 Å². The van der Waals surface area contributed by atoms with E-state index < -0.39 is 0 Å². The minimum Gasteiger partial charge on any atom is -0.356 e. The Morgan fingerprint density at radius 3 is 2.28 bits per heavy atom. The summed E-state index contributed by atoms with van der Waals surface area (Å²) in [6, 6.07) is 20.9. The second kappa shape index (κ2) is 9.77. The van der Waals surface area contributed by atoms with Crippen molar-refractivity contribution in [2.75, 3.05) is 6.54 Å². The van der Waals surface area contributed by atoms with Crippen LogP contribution in [-0.4, -0.2) is 17.0 Å². The Labute approximate surface area is 186 Å². The first-order valence-electron chi connectivity index (χ1n) is 10.9. The lowest BCUT2D eigenvalue weighted by atomic mass is 9.88. The molecule has 0 saturated carbocycles. The number of carbonyl (C=O) groups excluding carboxylic acids is 1. The first kappa shape index (κ1) is 21.8. The normalized spacial score (nSPS) is 12.1. The highest BCUT2D eigenvalue weighted by Gasteiger charge is 2.23. The molecule has 0 fully saturated rings. The lowest BCUT2D eigenvalue weighted by Gasteiger charge is -2.17. The number of para-hydroxylation sites is 1. The zero-order valence-electron chi connectivity index (χ0n) is 18.0. The van der Waals surface area contributed by atoms with E-state index in [0.29, 0.717) is 13.1 Å². The molecule has 0 aliphatic heterocycles. The van der Waals surface area contributed by atoms with Gasteiger partial charge in [-0.25, -0.2) is 8.78 Å². The topological polar surface area (TPSA) is 34.0 Å². The number of fused-ring (bicyclic) bond motifs is 1. The molecule has 1 aromatic heterocycles. The van der Waals surface area contributed by atoms with Gasteiger partial charge < -0.3 is 9.88 Å². The van der Waals surface area contributed by atoms with Gasteiger partial charge in [0.15, 0.2) is 0 Å². The molecule has 3 nitrogen and oxygen atoms in total. The van der Waals surface area contributed by atoms with E-state index in [9.17, 15) is 13.6 Å². The van der Waals surface area contributed by atoms with Crippen LogP contribution in [0, 0.1) is 11.6 Å². The molecule has 4 aromatic rings. The van der Waals surface area contributed by atoms with Crippen LogP contribution in [0.3, 0.4) is 0 Å². The van der Waals surface area contributed by atoms with Crippen molar-refractivity contribution in [1.82, 2.24) is 9.88 Å². The highest BCUT2D eigenvalue weighted by Crippen LogP contribution is 2.35. The molecule has 32 heavy (non-hydrogen) atoms. The minimum absolute atomic E-state index is 0.0310. The molecule has 5 heteroatoms. The van der Waals surface area contributed by atoms with Crippen LogP contribution < -0.4 is 5.32 Å². The number of rotatable bonds is 8. The van der Waals surface area contributed by atoms with E-state index in [-0.39, 0.29) is 29.9 Å². The summed E-state index contributed by atoms with van der Waals surface area (Å²) in [5.41, 5.74) is 3.93. The van der Waals surface area contributed by atoms with Crippen molar-refractivity contribution in [3.05, 3.63) is 107 Å². The average molecular weight is 433 g/mol. The number of hydrogen-bond donors (Lipinski definition) is 1. The predicted molar refractivity (Wildman–Crippen MR) is 124 cm³/mol. The van der Waals surface area contributed by atoms with Crippen LogP contribution in [0.1, 0.15) is 42.4 Å². The van der Waals surface area contributed by atoms with E-state index >= 15 is 0 Å². The molecule has 0 saturated heterocycles. The van der Waals surface area contributed by atoms with Crippen LogP contribution in [0.25, 0.3) is 10.9 Å². The van der Waals surface area contributed by atoms with Gasteiger partial charge in [0, 0.05) is 42.5 Å². The Hall–Kier alpha value is -3.47. The summed E-state index contributed by atoms with van der Waals surface area (Å²) in [6.07, 6.45) is 3.20. The molecule has 1 unspecified atom stereocenters.